The number of fused-ring (bicyclic) bond motifs is 1. The molecular weight excluding hydrogens is 356 g/mol. The minimum atomic E-state index is 0.294. The Morgan fingerprint density at radius 1 is 1.04 bits per heavy atom. The number of thioether (sulfide) groups is 1. The summed E-state index contributed by atoms with van der Waals surface area (Å²) in [4.78, 5) is 12.9. The van der Waals surface area contributed by atoms with E-state index in [0.717, 1.165) is 27.2 Å². The van der Waals surface area contributed by atoms with E-state index in [2.05, 4.69) is 20.1 Å². The van der Waals surface area contributed by atoms with Crippen molar-refractivity contribution in [2.75, 3.05) is 5.73 Å². The number of hydrogen-bond acceptors (Lipinski definition) is 6. The number of hydrogen-bond donors (Lipinski definition) is 1. The van der Waals surface area contributed by atoms with Gasteiger partial charge in [0.15, 0.2) is 5.82 Å². The van der Waals surface area contributed by atoms with Crippen LogP contribution in [0.5, 0.6) is 0 Å². The highest BCUT2D eigenvalue weighted by molar-refractivity contribution is 7.98. The highest BCUT2D eigenvalue weighted by Crippen LogP contribution is 2.24. The van der Waals surface area contributed by atoms with E-state index in [1.807, 2.05) is 48.5 Å². The summed E-state index contributed by atoms with van der Waals surface area (Å²) in [6, 6.07) is 15.4. The van der Waals surface area contributed by atoms with Gasteiger partial charge in [0.05, 0.1) is 5.52 Å². The van der Waals surface area contributed by atoms with E-state index in [-0.39, 0.29) is 0 Å². The van der Waals surface area contributed by atoms with Gasteiger partial charge in [0.2, 0.25) is 11.1 Å². The van der Waals surface area contributed by atoms with Crippen molar-refractivity contribution in [3.63, 3.8) is 0 Å². The Hall–Kier alpha value is -2.64. The number of rotatable bonds is 4. The summed E-state index contributed by atoms with van der Waals surface area (Å²) in [6.07, 6.45) is 1.50. The van der Waals surface area contributed by atoms with Crippen molar-refractivity contribution in [3.05, 3.63) is 65.4 Å². The van der Waals surface area contributed by atoms with Crippen molar-refractivity contribution in [2.24, 2.45) is 0 Å². The van der Waals surface area contributed by atoms with Gasteiger partial charge in [-0.3, -0.25) is 0 Å². The standard InChI is InChI=1S/C17H13ClN6S/c18-12-7-5-11(6-8-12)9-25-17-22-16(19)24(23-17)15-13-3-1-2-4-14(13)20-10-21-15/h1-8,10H,9H2,(H2,19,22,23). The van der Waals surface area contributed by atoms with Crippen molar-refractivity contribution in [1.29, 1.82) is 0 Å². The fourth-order valence-corrected chi connectivity index (χ4v) is 3.32. The number of halogens is 1. The normalized spacial score (nSPS) is 11.1. The van der Waals surface area contributed by atoms with Gasteiger partial charge in [-0.1, -0.05) is 47.6 Å². The monoisotopic (exact) mass is 368 g/mol. The van der Waals surface area contributed by atoms with Gasteiger partial charge in [0.1, 0.15) is 6.33 Å². The van der Waals surface area contributed by atoms with Gasteiger partial charge in [0.25, 0.3) is 0 Å². The molecule has 2 heterocycles. The van der Waals surface area contributed by atoms with Crippen LogP contribution in [-0.4, -0.2) is 24.7 Å². The number of anilines is 1. The van der Waals surface area contributed by atoms with Crippen LogP contribution in [0.3, 0.4) is 0 Å². The minimum Gasteiger partial charge on any atom is -0.368 e. The second-order valence-electron chi connectivity index (χ2n) is 5.29. The predicted molar refractivity (Wildman–Crippen MR) is 99.9 cm³/mol. The molecule has 0 aliphatic heterocycles. The number of nitrogen functional groups attached to an aromatic ring is 1. The lowest BCUT2D eigenvalue weighted by Crippen LogP contribution is -2.05. The van der Waals surface area contributed by atoms with E-state index in [1.165, 1.54) is 18.1 Å². The van der Waals surface area contributed by atoms with Gasteiger partial charge in [-0.25, -0.2) is 9.97 Å². The molecule has 2 aromatic carbocycles. The third-order valence-corrected chi connectivity index (χ3v) is 4.78. The van der Waals surface area contributed by atoms with Gasteiger partial charge in [0, 0.05) is 16.2 Å². The molecule has 8 heteroatoms. The lowest BCUT2D eigenvalue weighted by molar-refractivity contribution is 0.819. The summed E-state index contributed by atoms with van der Waals surface area (Å²) < 4.78 is 1.55. The number of aromatic nitrogens is 5. The molecule has 4 rings (SSSR count). The maximum Gasteiger partial charge on any atom is 0.225 e. The average Bonchev–Trinajstić information content (AvgIpc) is 3.01. The zero-order chi connectivity index (χ0) is 17.2. The summed E-state index contributed by atoms with van der Waals surface area (Å²) in [5.74, 6) is 1.64. The van der Waals surface area contributed by atoms with Gasteiger partial charge < -0.3 is 5.73 Å². The van der Waals surface area contributed by atoms with Crippen LogP contribution < -0.4 is 5.73 Å². The van der Waals surface area contributed by atoms with Crippen molar-refractivity contribution in [3.8, 4) is 5.82 Å². The molecule has 2 N–H and O–H groups in total. The fraction of sp³-hybridized carbons (Fsp3) is 0.0588. The lowest BCUT2D eigenvalue weighted by Gasteiger charge is -2.04. The van der Waals surface area contributed by atoms with E-state index in [9.17, 15) is 0 Å². The zero-order valence-corrected chi connectivity index (χ0v) is 14.6. The quantitative estimate of drug-likeness (QED) is 0.552. The molecule has 25 heavy (non-hydrogen) atoms. The lowest BCUT2D eigenvalue weighted by atomic mass is 10.2. The molecule has 2 aromatic heterocycles. The Balaban J connectivity index is 1.62. The Bertz CT molecular complexity index is 1030. The smallest absolute Gasteiger partial charge is 0.225 e. The van der Waals surface area contributed by atoms with Crippen LogP contribution in [0.2, 0.25) is 5.02 Å². The summed E-state index contributed by atoms with van der Waals surface area (Å²) in [5.41, 5.74) is 8.02. The molecule has 0 spiro atoms. The van der Waals surface area contributed by atoms with Gasteiger partial charge in [-0.05, 0) is 29.8 Å². The van der Waals surface area contributed by atoms with E-state index in [4.69, 9.17) is 17.3 Å². The van der Waals surface area contributed by atoms with Crippen LogP contribution in [0.4, 0.5) is 5.95 Å². The number of nitrogens with zero attached hydrogens (tertiary/aromatic N) is 5. The second-order valence-corrected chi connectivity index (χ2v) is 6.67. The van der Waals surface area contributed by atoms with Crippen LogP contribution in [-0.2, 0) is 5.75 Å². The molecule has 0 aliphatic rings. The zero-order valence-electron chi connectivity index (χ0n) is 13.0. The van der Waals surface area contributed by atoms with Crippen molar-refractivity contribution in [1.82, 2.24) is 24.7 Å². The molecule has 0 atom stereocenters. The Morgan fingerprint density at radius 2 is 1.84 bits per heavy atom. The Labute approximate surface area is 153 Å². The van der Waals surface area contributed by atoms with Gasteiger partial charge >= 0.3 is 0 Å². The first-order valence-corrected chi connectivity index (χ1v) is 8.87. The van der Waals surface area contributed by atoms with Crippen molar-refractivity contribution >= 4 is 40.2 Å². The first-order chi connectivity index (χ1) is 12.2. The number of nitrogens with two attached hydrogens (primary N) is 1. The summed E-state index contributed by atoms with van der Waals surface area (Å²) in [6.45, 7) is 0. The SMILES string of the molecule is Nc1nc(SCc2ccc(Cl)cc2)nn1-c1ncnc2ccccc12. The molecule has 0 saturated carbocycles. The molecule has 0 radical (unpaired) electrons. The molecule has 0 saturated heterocycles. The van der Waals surface area contributed by atoms with Gasteiger partial charge in [-0.15, -0.1) is 5.10 Å². The third-order valence-electron chi connectivity index (χ3n) is 3.62. The number of para-hydroxylation sites is 1. The molecule has 0 bridgehead atoms. The minimum absolute atomic E-state index is 0.294. The first-order valence-electron chi connectivity index (χ1n) is 7.50. The van der Waals surface area contributed by atoms with Crippen molar-refractivity contribution in [2.45, 2.75) is 10.9 Å². The largest absolute Gasteiger partial charge is 0.368 e. The van der Waals surface area contributed by atoms with Crippen LogP contribution >= 0.6 is 23.4 Å². The van der Waals surface area contributed by atoms with E-state index < -0.39 is 0 Å². The molecule has 0 unspecified atom stereocenters. The summed E-state index contributed by atoms with van der Waals surface area (Å²) in [5, 5.41) is 6.67. The molecule has 0 amide bonds. The van der Waals surface area contributed by atoms with Crippen LogP contribution in [0.1, 0.15) is 5.56 Å². The van der Waals surface area contributed by atoms with E-state index >= 15 is 0 Å². The van der Waals surface area contributed by atoms with Gasteiger partial charge in [-0.2, -0.15) is 9.67 Å². The van der Waals surface area contributed by atoms with Crippen LogP contribution in [0.15, 0.2) is 60.0 Å². The Morgan fingerprint density at radius 3 is 2.68 bits per heavy atom. The fourth-order valence-electron chi connectivity index (χ4n) is 2.41. The Kier molecular flexibility index (Phi) is 4.25. The van der Waals surface area contributed by atoms with Crippen molar-refractivity contribution < 1.29 is 0 Å². The average molecular weight is 369 g/mol. The maximum atomic E-state index is 6.05. The molecule has 4 aromatic rings. The molecule has 6 nitrogen and oxygen atoms in total. The van der Waals surface area contributed by atoms with E-state index in [0.29, 0.717) is 16.9 Å². The van der Waals surface area contributed by atoms with Crippen LogP contribution in [0.25, 0.3) is 16.7 Å². The first kappa shape index (κ1) is 15.9. The molecule has 124 valence electrons. The summed E-state index contributed by atoms with van der Waals surface area (Å²) in [7, 11) is 0. The topological polar surface area (TPSA) is 82.5 Å². The molecular formula is C17H13ClN6S. The second kappa shape index (κ2) is 6.70. The highest BCUT2D eigenvalue weighted by atomic mass is 35.5. The third kappa shape index (κ3) is 3.29. The number of benzene rings is 2. The molecule has 0 fully saturated rings. The van der Waals surface area contributed by atoms with E-state index in [1.54, 1.807) is 4.68 Å². The molecule has 0 aliphatic carbocycles. The maximum absolute atomic E-state index is 6.05. The summed E-state index contributed by atoms with van der Waals surface area (Å²) >= 11 is 7.41. The highest BCUT2D eigenvalue weighted by Gasteiger charge is 2.13. The van der Waals surface area contributed by atoms with Crippen LogP contribution in [0, 0.1) is 0 Å². The predicted octanol–water partition coefficient (Wildman–Crippen LogP) is 3.74.